The molecule has 0 bridgehead atoms. The number of rotatable bonds is 7. The lowest BCUT2D eigenvalue weighted by Crippen LogP contribution is -2.41. The van der Waals surface area contributed by atoms with Crippen LogP contribution in [0.4, 0.5) is 5.69 Å². The highest BCUT2D eigenvalue weighted by atomic mass is 16.2. The molecule has 0 N–H and O–H groups in total. The molecule has 1 aromatic heterocycles. The van der Waals surface area contributed by atoms with E-state index in [2.05, 4.69) is 28.4 Å². The topological polar surface area (TPSA) is 51.0 Å². The Bertz CT molecular complexity index is 1310. The van der Waals surface area contributed by atoms with Gasteiger partial charge in [0.05, 0.1) is 24.2 Å². The number of aromatic nitrogens is 3. The zero-order valence-electron chi connectivity index (χ0n) is 18.3. The molecule has 0 fully saturated rings. The van der Waals surface area contributed by atoms with Crippen molar-refractivity contribution >= 4 is 11.6 Å². The summed E-state index contributed by atoms with van der Waals surface area (Å²) in [5.74, 6) is 2.79. The van der Waals surface area contributed by atoms with Crippen molar-refractivity contribution in [1.29, 1.82) is 0 Å². The van der Waals surface area contributed by atoms with Gasteiger partial charge in [0.1, 0.15) is 0 Å². The van der Waals surface area contributed by atoms with Crippen molar-refractivity contribution in [3.63, 3.8) is 0 Å². The minimum absolute atomic E-state index is 0.0168. The number of nitrogens with zero attached hydrogens (tertiary/aromatic N) is 4. The summed E-state index contributed by atoms with van der Waals surface area (Å²) in [5.41, 5.74) is 3.99. The molecule has 5 rings (SSSR count). The van der Waals surface area contributed by atoms with Crippen LogP contribution in [0.15, 0.2) is 91.1 Å². The van der Waals surface area contributed by atoms with Crippen molar-refractivity contribution in [3.05, 3.63) is 114 Å². The predicted octanol–water partition coefficient (Wildman–Crippen LogP) is 4.38. The molecule has 1 atom stereocenters. The van der Waals surface area contributed by atoms with Crippen molar-refractivity contribution in [1.82, 2.24) is 15.0 Å². The first-order valence-electron chi connectivity index (χ1n) is 11.0. The second kappa shape index (κ2) is 8.76. The van der Waals surface area contributed by atoms with Gasteiger partial charge in [-0.3, -0.25) is 4.79 Å². The molecular weight excluding hydrogens is 408 g/mol. The number of carbonyl (C=O) groups excluding carboxylic acids is 1. The summed E-state index contributed by atoms with van der Waals surface area (Å²) in [4.78, 5) is 15.8. The highest BCUT2D eigenvalue weighted by Gasteiger charge is 2.50. The SMILES string of the molecule is C#CC[C@@]1(Cc2cn(Cc3ccccc3)nn2)C(=O)N(Cc2ccccc2)c2ccccc21. The number of carbonyl (C=O) groups is 1. The van der Waals surface area contributed by atoms with Gasteiger partial charge in [-0.1, -0.05) is 84.1 Å². The zero-order valence-corrected chi connectivity index (χ0v) is 18.3. The predicted molar refractivity (Wildman–Crippen MR) is 128 cm³/mol. The lowest BCUT2D eigenvalue weighted by atomic mass is 9.75. The normalized spacial score (nSPS) is 17.1. The molecule has 0 spiro atoms. The molecule has 1 aliphatic rings. The van der Waals surface area contributed by atoms with E-state index in [9.17, 15) is 4.79 Å². The van der Waals surface area contributed by atoms with Crippen molar-refractivity contribution in [3.8, 4) is 12.3 Å². The molecule has 0 saturated heterocycles. The summed E-state index contributed by atoms with van der Waals surface area (Å²) in [6, 6.07) is 28.1. The fourth-order valence-corrected chi connectivity index (χ4v) is 4.67. The smallest absolute Gasteiger partial charge is 0.239 e. The Labute approximate surface area is 193 Å². The highest BCUT2D eigenvalue weighted by Crippen LogP contribution is 2.46. The maximum Gasteiger partial charge on any atom is 0.239 e. The first kappa shape index (κ1) is 20.7. The zero-order chi connectivity index (χ0) is 22.7. The van der Waals surface area contributed by atoms with E-state index in [0.29, 0.717) is 25.9 Å². The first-order chi connectivity index (χ1) is 16.2. The molecule has 0 radical (unpaired) electrons. The van der Waals surface area contributed by atoms with Crippen LogP contribution in [0, 0.1) is 12.3 Å². The third kappa shape index (κ3) is 3.92. The molecule has 5 heteroatoms. The maximum atomic E-state index is 14.0. The Morgan fingerprint density at radius 2 is 1.48 bits per heavy atom. The van der Waals surface area contributed by atoms with Crippen LogP contribution in [-0.4, -0.2) is 20.9 Å². The van der Waals surface area contributed by atoms with Crippen molar-refractivity contribution in [2.45, 2.75) is 31.3 Å². The summed E-state index contributed by atoms with van der Waals surface area (Å²) in [6.07, 6.45) is 8.44. The lowest BCUT2D eigenvalue weighted by Gasteiger charge is -2.26. The van der Waals surface area contributed by atoms with Crippen LogP contribution >= 0.6 is 0 Å². The van der Waals surface area contributed by atoms with Gasteiger partial charge in [0, 0.05) is 24.7 Å². The maximum absolute atomic E-state index is 14.0. The molecule has 0 unspecified atom stereocenters. The molecule has 2 heterocycles. The molecule has 0 aliphatic carbocycles. The quantitative estimate of drug-likeness (QED) is 0.407. The van der Waals surface area contributed by atoms with Gasteiger partial charge in [-0.15, -0.1) is 17.4 Å². The first-order valence-corrected chi connectivity index (χ1v) is 11.0. The third-order valence-electron chi connectivity index (χ3n) is 6.21. The van der Waals surface area contributed by atoms with Crippen LogP contribution < -0.4 is 4.90 Å². The number of para-hydroxylation sites is 1. The van der Waals surface area contributed by atoms with E-state index in [4.69, 9.17) is 6.42 Å². The lowest BCUT2D eigenvalue weighted by molar-refractivity contribution is -0.123. The number of benzene rings is 3. The summed E-state index contributed by atoms with van der Waals surface area (Å²) < 4.78 is 1.81. The molecule has 1 amide bonds. The standard InChI is InChI=1S/C28H24N4O/c1-2-17-28(18-24-21-31(30-29-24)19-22-11-5-3-6-12-22)25-15-9-10-16-26(25)32(27(28)33)20-23-13-7-4-8-14-23/h1,3-16,21H,17-20H2/t28-/m0/s1. The fourth-order valence-electron chi connectivity index (χ4n) is 4.67. The molecule has 5 nitrogen and oxygen atoms in total. The molecule has 0 saturated carbocycles. The Balaban J connectivity index is 1.48. The molecule has 162 valence electrons. The summed E-state index contributed by atoms with van der Waals surface area (Å²) >= 11 is 0. The monoisotopic (exact) mass is 432 g/mol. The van der Waals surface area contributed by atoms with Gasteiger partial charge in [-0.25, -0.2) is 4.68 Å². The summed E-state index contributed by atoms with van der Waals surface area (Å²) in [7, 11) is 0. The number of terminal acetylenes is 1. The second-order valence-corrected chi connectivity index (χ2v) is 8.43. The van der Waals surface area contributed by atoms with Crippen molar-refractivity contribution < 1.29 is 4.79 Å². The van der Waals surface area contributed by atoms with Crippen LogP contribution in [0.5, 0.6) is 0 Å². The van der Waals surface area contributed by atoms with Crippen LogP contribution in [0.25, 0.3) is 0 Å². The number of hydrogen-bond acceptors (Lipinski definition) is 3. The van der Waals surface area contributed by atoms with Gasteiger partial charge in [0.2, 0.25) is 5.91 Å². The number of amides is 1. The number of anilines is 1. The average molecular weight is 433 g/mol. The van der Waals surface area contributed by atoms with Gasteiger partial charge in [-0.05, 0) is 22.8 Å². The van der Waals surface area contributed by atoms with E-state index < -0.39 is 5.41 Å². The van der Waals surface area contributed by atoms with Crippen LogP contribution in [0.1, 0.15) is 28.8 Å². The van der Waals surface area contributed by atoms with Crippen LogP contribution in [0.3, 0.4) is 0 Å². The summed E-state index contributed by atoms with van der Waals surface area (Å²) in [6.45, 7) is 1.13. The largest absolute Gasteiger partial charge is 0.307 e. The van der Waals surface area contributed by atoms with E-state index in [-0.39, 0.29) is 5.91 Å². The Kier molecular flexibility index (Phi) is 5.50. The minimum atomic E-state index is -0.853. The van der Waals surface area contributed by atoms with Gasteiger partial charge < -0.3 is 4.90 Å². The second-order valence-electron chi connectivity index (χ2n) is 8.43. The Hall–Kier alpha value is -4.17. The minimum Gasteiger partial charge on any atom is -0.307 e. The molecule has 33 heavy (non-hydrogen) atoms. The molecule has 3 aromatic carbocycles. The van der Waals surface area contributed by atoms with E-state index in [1.807, 2.05) is 83.9 Å². The summed E-state index contributed by atoms with van der Waals surface area (Å²) in [5, 5.41) is 8.70. The van der Waals surface area contributed by atoms with E-state index in [1.165, 1.54) is 0 Å². The molecule has 1 aliphatic heterocycles. The van der Waals surface area contributed by atoms with Gasteiger partial charge in [0.25, 0.3) is 0 Å². The Morgan fingerprint density at radius 1 is 0.848 bits per heavy atom. The van der Waals surface area contributed by atoms with Crippen LogP contribution in [0.2, 0.25) is 0 Å². The van der Waals surface area contributed by atoms with Crippen molar-refractivity contribution in [2.75, 3.05) is 4.90 Å². The van der Waals surface area contributed by atoms with Crippen molar-refractivity contribution in [2.24, 2.45) is 0 Å². The number of hydrogen-bond donors (Lipinski definition) is 0. The van der Waals surface area contributed by atoms with Crippen LogP contribution in [-0.2, 0) is 29.7 Å². The molecule has 4 aromatic rings. The third-order valence-corrected chi connectivity index (χ3v) is 6.21. The number of fused-ring (bicyclic) bond motifs is 1. The van der Waals surface area contributed by atoms with E-state index in [0.717, 1.165) is 28.1 Å². The highest BCUT2D eigenvalue weighted by molar-refractivity contribution is 6.08. The molecular formula is C28H24N4O. The van der Waals surface area contributed by atoms with E-state index in [1.54, 1.807) is 4.68 Å². The van der Waals surface area contributed by atoms with E-state index >= 15 is 0 Å². The average Bonchev–Trinajstić information content (AvgIpc) is 3.37. The van der Waals surface area contributed by atoms with Gasteiger partial charge in [0.15, 0.2) is 0 Å². The van der Waals surface area contributed by atoms with Gasteiger partial charge >= 0.3 is 0 Å². The van der Waals surface area contributed by atoms with Gasteiger partial charge in [-0.2, -0.15) is 0 Å². The fraction of sp³-hybridized carbons (Fsp3) is 0.179. The Morgan fingerprint density at radius 3 is 2.18 bits per heavy atom.